The number of carbonyl (C=O) groups is 2. The van der Waals surface area contributed by atoms with E-state index in [-0.39, 0.29) is 23.7 Å². The van der Waals surface area contributed by atoms with Gasteiger partial charge in [0.2, 0.25) is 0 Å². The number of hydrogen-bond acceptors (Lipinski definition) is 3. The second-order valence-electron chi connectivity index (χ2n) is 1.07. The van der Waals surface area contributed by atoms with Gasteiger partial charge in [0, 0.05) is 25.5 Å². The number of carbonyl (C=O) groups excluding carboxylic acids is 1. The number of thioether (sulfide) groups is 1. The quantitative estimate of drug-likeness (QED) is 0.635. The molecule has 9 heavy (non-hydrogen) atoms. The number of carboxylic acids is 1. The van der Waals surface area contributed by atoms with E-state index in [2.05, 4.69) is 0 Å². The minimum atomic E-state index is -1.08. The standard InChI is InChI=1S/C4H5O3S.V/c1-3(5)8-2-4(6)7;/h2H,1H3,(H,6,7);/q-1;. The van der Waals surface area contributed by atoms with E-state index in [0.29, 0.717) is 11.8 Å². The van der Waals surface area contributed by atoms with Crippen LogP contribution >= 0.6 is 11.8 Å². The van der Waals surface area contributed by atoms with Gasteiger partial charge in [0.25, 0.3) is 0 Å². The molecule has 0 unspecified atom stereocenters. The average molecular weight is 184 g/mol. The normalized spacial score (nSPS) is 7.22. The molecular weight excluding hydrogens is 179 g/mol. The van der Waals surface area contributed by atoms with E-state index in [1.165, 1.54) is 6.92 Å². The maximum absolute atomic E-state index is 10.0. The molecule has 0 heterocycles. The molecule has 0 aliphatic carbocycles. The molecule has 0 rings (SSSR count). The van der Waals surface area contributed by atoms with Crippen LogP contribution in [-0.4, -0.2) is 16.2 Å². The van der Waals surface area contributed by atoms with Crippen LogP contribution in [0, 0.1) is 5.75 Å². The van der Waals surface area contributed by atoms with E-state index in [9.17, 15) is 9.59 Å². The van der Waals surface area contributed by atoms with Crippen molar-refractivity contribution in [2.24, 2.45) is 0 Å². The van der Waals surface area contributed by atoms with Crippen LogP contribution in [0.4, 0.5) is 0 Å². The molecule has 0 aliphatic heterocycles. The Morgan fingerprint density at radius 3 is 2.11 bits per heavy atom. The molecule has 0 aromatic heterocycles. The average Bonchev–Trinajstić information content (AvgIpc) is 1.61. The van der Waals surface area contributed by atoms with Gasteiger partial charge >= 0.3 is 0 Å². The maximum Gasteiger partial charge on any atom is 0.173 e. The van der Waals surface area contributed by atoms with Gasteiger partial charge in [-0.25, -0.2) is 17.5 Å². The van der Waals surface area contributed by atoms with Crippen LogP contribution in [0.3, 0.4) is 0 Å². The minimum absolute atomic E-state index is 0. The largest absolute Gasteiger partial charge is 0.503 e. The van der Waals surface area contributed by atoms with Crippen LogP contribution in [-0.2, 0) is 28.1 Å². The van der Waals surface area contributed by atoms with Crippen molar-refractivity contribution in [3.05, 3.63) is 5.75 Å². The molecule has 0 aliphatic rings. The van der Waals surface area contributed by atoms with Crippen molar-refractivity contribution in [2.75, 3.05) is 0 Å². The van der Waals surface area contributed by atoms with Crippen LogP contribution < -0.4 is 0 Å². The molecule has 3 nitrogen and oxygen atoms in total. The topological polar surface area (TPSA) is 54.4 Å². The van der Waals surface area contributed by atoms with Gasteiger partial charge in [0.1, 0.15) is 0 Å². The van der Waals surface area contributed by atoms with Gasteiger partial charge in [-0.2, -0.15) is 0 Å². The summed E-state index contributed by atoms with van der Waals surface area (Å²) in [5.41, 5.74) is 0. The summed E-state index contributed by atoms with van der Waals surface area (Å²) in [6, 6.07) is 0. The third-order valence-corrected chi connectivity index (χ3v) is 0.977. The molecule has 0 atom stereocenters. The number of rotatable bonds is 2. The summed E-state index contributed by atoms with van der Waals surface area (Å²) in [7, 11) is 0. The van der Waals surface area contributed by atoms with Crippen molar-refractivity contribution in [1.29, 1.82) is 0 Å². The van der Waals surface area contributed by atoms with Crippen LogP contribution in [0.1, 0.15) is 6.92 Å². The zero-order valence-corrected chi connectivity index (χ0v) is 6.91. The van der Waals surface area contributed by atoms with E-state index < -0.39 is 5.97 Å². The van der Waals surface area contributed by atoms with Crippen LogP contribution in [0.25, 0.3) is 0 Å². The Kier molecular flexibility index (Phi) is 7.90. The molecule has 0 aromatic carbocycles. The van der Waals surface area contributed by atoms with Gasteiger partial charge in [0.05, 0.1) is 0 Å². The van der Waals surface area contributed by atoms with Gasteiger partial charge in [-0.05, 0) is 0 Å². The summed E-state index contributed by atoms with van der Waals surface area (Å²) in [6.45, 7) is 1.31. The fraction of sp³-hybridized carbons (Fsp3) is 0.250. The number of hydrogen-bond donors (Lipinski definition) is 1. The minimum Gasteiger partial charge on any atom is -0.503 e. The third-order valence-electron chi connectivity index (χ3n) is 0.326. The second kappa shape index (κ2) is 6.07. The molecule has 1 radical (unpaired) electrons. The molecule has 0 aromatic rings. The van der Waals surface area contributed by atoms with Gasteiger partial charge in [-0.1, -0.05) is 0 Å². The van der Waals surface area contributed by atoms with Crippen LogP contribution in [0.2, 0.25) is 0 Å². The molecule has 51 valence electrons. The van der Waals surface area contributed by atoms with E-state index >= 15 is 0 Å². The second-order valence-corrected chi connectivity index (χ2v) is 2.11. The van der Waals surface area contributed by atoms with E-state index in [1.807, 2.05) is 0 Å². The zero-order valence-electron chi connectivity index (χ0n) is 4.70. The zero-order chi connectivity index (χ0) is 6.57. The Balaban J connectivity index is 0. The molecule has 0 bridgehead atoms. The van der Waals surface area contributed by atoms with Gasteiger partial charge in [-0.15, -0.1) is 0 Å². The SMILES string of the molecule is CC(=O)S[CH-]C(=O)O.[V]. The summed E-state index contributed by atoms with van der Waals surface area (Å²) in [4.78, 5) is 19.7. The molecular formula is C4H5O3SV-. The van der Waals surface area contributed by atoms with Crippen molar-refractivity contribution in [3.63, 3.8) is 0 Å². The number of aliphatic carboxylic acids is 1. The molecule has 0 saturated carbocycles. The Labute approximate surface area is 69.1 Å². The van der Waals surface area contributed by atoms with E-state index in [4.69, 9.17) is 5.11 Å². The first kappa shape index (κ1) is 11.7. The van der Waals surface area contributed by atoms with Crippen LogP contribution in [0.5, 0.6) is 0 Å². The fourth-order valence-electron chi connectivity index (χ4n) is 0.133. The first-order valence-electron chi connectivity index (χ1n) is 1.86. The first-order chi connectivity index (χ1) is 3.63. The predicted octanol–water partition coefficient (Wildman–Crippen LogP) is 0.510. The summed E-state index contributed by atoms with van der Waals surface area (Å²) < 4.78 is 0. The van der Waals surface area contributed by atoms with E-state index in [0.717, 1.165) is 5.75 Å². The summed E-state index contributed by atoms with van der Waals surface area (Å²) in [5.74, 6) is -0.229. The van der Waals surface area contributed by atoms with Gasteiger partial charge < -0.3 is 5.11 Å². The molecule has 0 fully saturated rings. The van der Waals surface area contributed by atoms with Gasteiger partial charge in [-0.3, -0.25) is 9.59 Å². The fourth-order valence-corrected chi connectivity index (χ4v) is 0.400. The van der Waals surface area contributed by atoms with Crippen molar-refractivity contribution >= 4 is 22.8 Å². The molecule has 5 heteroatoms. The Hall–Kier alpha value is -0.0556. The smallest absolute Gasteiger partial charge is 0.173 e. The molecule has 0 spiro atoms. The predicted molar refractivity (Wildman–Crippen MR) is 30.2 cm³/mol. The van der Waals surface area contributed by atoms with Crippen LogP contribution in [0.15, 0.2) is 0 Å². The van der Waals surface area contributed by atoms with Crippen molar-refractivity contribution in [3.8, 4) is 0 Å². The summed E-state index contributed by atoms with van der Waals surface area (Å²) >= 11 is 0.676. The third kappa shape index (κ3) is 11.5. The van der Waals surface area contributed by atoms with Crippen molar-refractivity contribution in [2.45, 2.75) is 6.92 Å². The Bertz CT molecular complexity index is 100. The first-order valence-corrected chi connectivity index (χ1v) is 2.74. The summed E-state index contributed by atoms with van der Waals surface area (Å²) in [6.07, 6.45) is 0. The Morgan fingerprint density at radius 1 is 1.56 bits per heavy atom. The van der Waals surface area contributed by atoms with Crippen molar-refractivity contribution < 1.29 is 33.3 Å². The number of carboxylic acid groups (broad SMARTS) is 1. The molecule has 0 amide bonds. The molecule has 0 saturated heterocycles. The Morgan fingerprint density at radius 2 is 2.00 bits per heavy atom. The van der Waals surface area contributed by atoms with Gasteiger partial charge in [0.15, 0.2) is 11.1 Å². The van der Waals surface area contributed by atoms with Crippen molar-refractivity contribution in [1.82, 2.24) is 0 Å². The molecule has 1 N–H and O–H groups in total. The maximum atomic E-state index is 10.0. The monoisotopic (exact) mass is 184 g/mol. The summed E-state index contributed by atoms with van der Waals surface area (Å²) in [5, 5.41) is 7.72. The van der Waals surface area contributed by atoms with E-state index in [1.54, 1.807) is 0 Å².